The normalized spacial score (nSPS) is 6.44. The van der Waals surface area contributed by atoms with E-state index in [0.717, 1.165) is 0 Å². The second-order valence-corrected chi connectivity index (χ2v) is 2.45. The van der Waals surface area contributed by atoms with Crippen LogP contribution in [0.15, 0.2) is 0 Å². The predicted octanol–water partition coefficient (Wildman–Crippen LogP) is -5.16. The topological polar surface area (TPSA) is 255 Å². The van der Waals surface area contributed by atoms with E-state index in [1.165, 1.54) is 0 Å². The van der Waals surface area contributed by atoms with Gasteiger partial charge in [-0.05, 0) is 0 Å². The van der Waals surface area contributed by atoms with E-state index in [9.17, 15) is 0 Å². The second kappa shape index (κ2) is 31.8. The molecule has 0 aliphatic heterocycles. The molecule has 0 bridgehead atoms. The van der Waals surface area contributed by atoms with E-state index in [1.54, 1.807) is 0 Å². The van der Waals surface area contributed by atoms with Gasteiger partial charge in [0.2, 0.25) is 0 Å². The van der Waals surface area contributed by atoms with Gasteiger partial charge >= 0.3 is 0 Å². The van der Waals surface area contributed by atoms with Gasteiger partial charge in [0.1, 0.15) is 0 Å². The van der Waals surface area contributed by atoms with Gasteiger partial charge in [0, 0.05) is 114 Å². The molecule has 0 amide bonds. The molecule has 0 aromatic heterocycles. The first-order chi connectivity index (χ1) is 4.00. The largest absolute Gasteiger partial charge is 0.759 e. The fraction of sp³-hybridized carbons (Fsp3) is 0. The van der Waals surface area contributed by atoms with E-state index < -0.39 is 20.8 Å². The van der Waals surface area contributed by atoms with Gasteiger partial charge in [-0.2, -0.15) is 0 Å². The summed E-state index contributed by atoms with van der Waals surface area (Å²) in [5.74, 6) is 0. The molecule has 0 spiro atoms. The van der Waals surface area contributed by atoms with Gasteiger partial charge in [-0.25, -0.2) is 0 Å². The third kappa shape index (κ3) is 883. The van der Waals surface area contributed by atoms with Crippen LogP contribution >= 0.6 is 0 Å². The third-order valence-electron chi connectivity index (χ3n) is 0. The maximum Gasteiger partial charge on any atom is 0.0311 e. The van der Waals surface area contributed by atoms with Crippen molar-refractivity contribution in [3.05, 3.63) is 0 Å². The Kier molecular flexibility index (Phi) is 125. The molecular weight excluding hydrogens is 495 g/mol. The molecular formula is H6O11S2V5-4. The minimum absolute atomic E-state index is 0. The first-order valence-corrected chi connectivity index (χ1v) is 4.00. The second-order valence-electron chi connectivity index (χ2n) is 0.816. The zero-order chi connectivity index (χ0) is 9.00. The molecule has 0 rings (SSSR count). The van der Waals surface area contributed by atoms with Crippen LogP contribution in [-0.4, -0.2) is 51.5 Å². The molecule has 11 nitrogen and oxygen atoms in total. The minimum Gasteiger partial charge on any atom is -0.759 e. The first kappa shape index (κ1) is 70.6. The van der Waals surface area contributed by atoms with Crippen molar-refractivity contribution < 1.29 is 144 Å². The van der Waals surface area contributed by atoms with Crippen LogP contribution in [-0.2, 0) is 114 Å². The Bertz CT molecular complexity index is 220. The molecule has 0 aromatic rings. The van der Waals surface area contributed by atoms with Crippen molar-refractivity contribution >= 4 is 20.8 Å². The van der Waals surface area contributed by atoms with Crippen LogP contribution in [0.25, 0.3) is 0 Å². The number of hydrogen-bond donors (Lipinski definition) is 0. The van der Waals surface area contributed by atoms with Crippen molar-refractivity contribution in [2.75, 3.05) is 0 Å². The van der Waals surface area contributed by atoms with Crippen LogP contribution in [0.3, 0.4) is 0 Å². The van der Waals surface area contributed by atoms with Crippen molar-refractivity contribution in [2.45, 2.75) is 0 Å². The van der Waals surface area contributed by atoms with E-state index in [4.69, 9.17) is 35.0 Å². The van der Waals surface area contributed by atoms with Crippen molar-refractivity contribution in [1.29, 1.82) is 0 Å². The van der Waals surface area contributed by atoms with Crippen molar-refractivity contribution in [3.63, 3.8) is 0 Å². The molecule has 0 fully saturated rings. The van der Waals surface area contributed by atoms with E-state index in [2.05, 4.69) is 0 Å². The Balaban J connectivity index is -0.00000000615. The fourth-order valence-corrected chi connectivity index (χ4v) is 0. The quantitative estimate of drug-likeness (QED) is 0.228. The molecule has 0 heterocycles. The average molecular weight is 501 g/mol. The summed E-state index contributed by atoms with van der Waals surface area (Å²) in [5, 5.41) is 0. The Labute approximate surface area is 163 Å². The van der Waals surface area contributed by atoms with E-state index in [-0.39, 0.29) is 109 Å². The Morgan fingerprint density at radius 3 is 0.444 bits per heavy atom. The van der Waals surface area contributed by atoms with Crippen molar-refractivity contribution in [2.24, 2.45) is 0 Å². The summed E-state index contributed by atoms with van der Waals surface area (Å²) < 4.78 is 68.2. The smallest absolute Gasteiger partial charge is 0.0311 e. The maximum atomic E-state index is 8.52. The molecule has 0 aliphatic rings. The molecule has 5 radical (unpaired) electrons. The molecule has 18 heteroatoms. The van der Waals surface area contributed by atoms with Crippen LogP contribution < -0.4 is 0 Å². The monoisotopic (exact) mass is 501 g/mol. The molecule has 0 atom stereocenters. The van der Waals surface area contributed by atoms with Gasteiger partial charge in [0.05, 0.1) is 0 Å². The number of hydrogen-bond acceptors (Lipinski definition) is 8. The summed E-state index contributed by atoms with van der Waals surface area (Å²) in [4.78, 5) is 0. The summed E-state index contributed by atoms with van der Waals surface area (Å²) in [6, 6.07) is 0. The van der Waals surface area contributed by atoms with Gasteiger partial charge in [0.15, 0.2) is 0 Å². The van der Waals surface area contributed by atoms with Crippen molar-refractivity contribution in [3.8, 4) is 0 Å². The van der Waals surface area contributed by atoms with Crippen LogP contribution in [0.4, 0.5) is 0 Å². The van der Waals surface area contributed by atoms with Crippen LogP contribution in [0.2, 0.25) is 0 Å². The van der Waals surface area contributed by atoms with Crippen LogP contribution in [0.1, 0.15) is 0 Å². The molecule has 0 saturated carbocycles. The summed E-state index contributed by atoms with van der Waals surface area (Å²) in [6.07, 6.45) is 0. The van der Waals surface area contributed by atoms with Crippen LogP contribution in [0, 0.1) is 0 Å². The van der Waals surface area contributed by atoms with Gasteiger partial charge in [-0.3, -0.25) is 16.8 Å². The molecule has 6 N–H and O–H groups in total. The molecule has 0 saturated heterocycles. The Morgan fingerprint density at radius 1 is 0.444 bits per heavy atom. The molecule has 0 aromatic carbocycles. The third-order valence-corrected chi connectivity index (χ3v) is 0. The first-order valence-electron chi connectivity index (χ1n) is 1.33. The van der Waals surface area contributed by atoms with Gasteiger partial charge in [-0.15, -0.1) is 0 Å². The zero-order valence-electron chi connectivity index (χ0n) is 7.82. The fourth-order valence-electron chi connectivity index (χ4n) is 0. The summed E-state index contributed by atoms with van der Waals surface area (Å²) in [7, 11) is -10.3. The van der Waals surface area contributed by atoms with Crippen LogP contribution in [0.5, 0.6) is 0 Å². The molecule has 113 valence electrons. The summed E-state index contributed by atoms with van der Waals surface area (Å²) >= 11 is 0. The summed E-state index contributed by atoms with van der Waals surface area (Å²) in [5.41, 5.74) is 0. The Hall–Kier alpha value is 2.54. The van der Waals surface area contributed by atoms with E-state index in [1.807, 2.05) is 0 Å². The average Bonchev–Trinajstić information content (AvgIpc) is 1.12. The summed E-state index contributed by atoms with van der Waals surface area (Å²) in [6.45, 7) is 0. The molecule has 18 heavy (non-hydrogen) atoms. The zero-order valence-corrected chi connectivity index (χ0v) is 16.4. The van der Waals surface area contributed by atoms with E-state index in [0.29, 0.717) is 0 Å². The number of rotatable bonds is 0. The van der Waals surface area contributed by atoms with Gasteiger partial charge < -0.3 is 34.6 Å². The molecule has 0 unspecified atom stereocenters. The molecule has 0 aliphatic carbocycles. The Morgan fingerprint density at radius 2 is 0.444 bits per heavy atom. The minimum atomic E-state index is -5.17. The standard InChI is InChI=1S/2H2O4S.3H2O.5V/c2*1-5(2,3)4;;;;;;;;/h2*(H2,1,2,3,4);3*1H2;;;;;/p-4. The SMILES string of the molecule is O.O.O.O=S(=O)([O-])[O-].O=S(=O)([O-])[O-].[V].[V].[V].[V].[V]. The van der Waals surface area contributed by atoms with Crippen molar-refractivity contribution in [1.82, 2.24) is 0 Å². The maximum absolute atomic E-state index is 8.52. The van der Waals surface area contributed by atoms with E-state index >= 15 is 0 Å². The predicted molar refractivity (Wildman–Crippen MR) is 31.8 cm³/mol. The van der Waals surface area contributed by atoms with Gasteiger partial charge in [0.25, 0.3) is 0 Å². The van der Waals surface area contributed by atoms with Gasteiger partial charge in [-0.1, -0.05) is 0 Å².